The van der Waals surface area contributed by atoms with E-state index >= 15 is 0 Å². The van der Waals surface area contributed by atoms with Crippen molar-refractivity contribution in [2.75, 3.05) is 12.8 Å². The van der Waals surface area contributed by atoms with Gasteiger partial charge in [-0.3, -0.25) is 9.36 Å². The van der Waals surface area contributed by atoms with Crippen LogP contribution in [0.25, 0.3) is 0 Å². The molecule has 0 fully saturated rings. The number of carbonyl (C=O) groups excluding carboxylic acids is 1. The number of rotatable bonds is 14. The molecule has 0 radical (unpaired) electrons. The minimum absolute atomic E-state index is 0.0986. The molecule has 0 bridgehead atoms. The van der Waals surface area contributed by atoms with E-state index in [1.54, 1.807) is 0 Å². The van der Waals surface area contributed by atoms with E-state index in [0.717, 1.165) is 19.3 Å². The lowest BCUT2D eigenvalue weighted by Gasteiger charge is -2.06. The van der Waals surface area contributed by atoms with Gasteiger partial charge in [0.15, 0.2) is 0 Å². The standard InChI is InChI=1S/C15H31O5P/c1-2-3-4-5-6-7-8-9-10-12-15(16)20-13-11-14-21(17,18)19/h2-14H2,1H3,(H2,17,18,19). The molecule has 21 heavy (non-hydrogen) atoms. The zero-order valence-electron chi connectivity index (χ0n) is 13.3. The van der Waals surface area contributed by atoms with Crippen molar-refractivity contribution < 1.29 is 23.9 Å². The SMILES string of the molecule is CCCCCCCCCCCC(=O)OCCCP(=O)(O)O. The third-order valence-corrected chi connectivity index (χ3v) is 4.24. The van der Waals surface area contributed by atoms with Gasteiger partial charge in [-0.2, -0.15) is 0 Å². The summed E-state index contributed by atoms with van der Waals surface area (Å²) in [5, 5.41) is 0. The average Bonchev–Trinajstić information content (AvgIpc) is 2.41. The van der Waals surface area contributed by atoms with Crippen LogP contribution in [0.2, 0.25) is 0 Å². The molecule has 0 amide bonds. The summed E-state index contributed by atoms with van der Waals surface area (Å²) < 4.78 is 15.5. The van der Waals surface area contributed by atoms with Crippen LogP contribution in [0.4, 0.5) is 0 Å². The number of ether oxygens (including phenoxy) is 1. The van der Waals surface area contributed by atoms with Gasteiger partial charge >= 0.3 is 13.6 Å². The van der Waals surface area contributed by atoms with Crippen molar-refractivity contribution in [1.29, 1.82) is 0 Å². The Morgan fingerprint density at radius 2 is 1.43 bits per heavy atom. The van der Waals surface area contributed by atoms with Crippen LogP contribution in [0.15, 0.2) is 0 Å². The molecule has 0 aliphatic heterocycles. The molecule has 0 aromatic heterocycles. The molecule has 0 spiro atoms. The first-order valence-electron chi connectivity index (χ1n) is 8.16. The molecular formula is C15H31O5P. The number of hydrogen-bond donors (Lipinski definition) is 2. The molecular weight excluding hydrogens is 291 g/mol. The van der Waals surface area contributed by atoms with Gasteiger partial charge in [0.25, 0.3) is 0 Å². The number of esters is 1. The summed E-state index contributed by atoms with van der Waals surface area (Å²) in [6.45, 7) is 2.31. The molecule has 0 saturated carbocycles. The van der Waals surface area contributed by atoms with Gasteiger partial charge in [-0.25, -0.2) is 0 Å². The topological polar surface area (TPSA) is 83.8 Å². The zero-order valence-corrected chi connectivity index (χ0v) is 14.2. The molecule has 6 heteroatoms. The molecule has 0 aromatic rings. The highest BCUT2D eigenvalue weighted by atomic mass is 31.2. The van der Waals surface area contributed by atoms with E-state index in [1.807, 2.05) is 0 Å². The van der Waals surface area contributed by atoms with Crippen molar-refractivity contribution in [3.63, 3.8) is 0 Å². The van der Waals surface area contributed by atoms with E-state index in [0.29, 0.717) is 6.42 Å². The van der Waals surface area contributed by atoms with Crippen molar-refractivity contribution >= 4 is 13.6 Å². The maximum absolute atomic E-state index is 11.4. The lowest BCUT2D eigenvalue weighted by molar-refractivity contribution is -0.143. The quantitative estimate of drug-likeness (QED) is 0.287. The molecule has 0 unspecified atom stereocenters. The molecule has 0 aliphatic rings. The first-order chi connectivity index (χ1) is 9.95. The fourth-order valence-electron chi connectivity index (χ4n) is 2.11. The van der Waals surface area contributed by atoms with Crippen LogP contribution >= 0.6 is 7.60 Å². The minimum atomic E-state index is -3.96. The summed E-state index contributed by atoms with van der Waals surface area (Å²) in [7, 11) is -3.96. The zero-order chi connectivity index (χ0) is 16.0. The molecule has 126 valence electrons. The summed E-state index contributed by atoms with van der Waals surface area (Å²) >= 11 is 0. The fraction of sp³-hybridized carbons (Fsp3) is 0.933. The second-order valence-electron chi connectivity index (χ2n) is 5.54. The van der Waals surface area contributed by atoms with Crippen LogP contribution in [0.1, 0.15) is 77.6 Å². The van der Waals surface area contributed by atoms with Gasteiger partial charge in [-0.05, 0) is 12.8 Å². The largest absolute Gasteiger partial charge is 0.466 e. The van der Waals surface area contributed by atoms with Gasteiger partial charge in [0.05, 0.1) is 12.8 Å². The molecule has 0 rings (SSSR count). The summed E-state index contributed by atoms with van der Waals surface area (Å²) in [6, 6.07) is 0. The molecule has 0 heterocycles. The van der Waals surface area contributed by atoms with Crippen LogP contribution in [-0.2, 0) is 14.1 Å². The van der Waals surface area contributed by atoms with Crippen molar-refractivity contribution in [2.45, 2.75) is 77.6 Å². The van der Waals surface area contributed by atoms with Crippen molar-refractivity contribution in [2.24, 2.45) is 0 Å². The Morgan fingerprint density at radius 3 is 1.95 bits per heavy atom. The summed E-state index contributed by atoms with van der Waals surface area (Å²) in [5.41, 5.74) is 0. The van der Waals surface area contributed by atoms with Crippen molar-refractivity contribution in [3.05, 3.63) is 0 Å². The first kappa shape index (κ1) is 20.6. The second-order valence-corrected chi connectivity index (χ2v) is 7.32. The summed E-state index contributed by atoms with van der Waals surface area (Å²) in [5.74, 6) is -0.261. The second kappa shape index (κ2) is 13.3. The number of hydrogen-bond acceptors (Lipinski definition) is 3. The smallest absolute Gasteiger partial charge is 0.325 e. The molecule has 0 atom stereocenters. The predicted octanol–water partition coefficient (Wildman–Crippen LogP) is 4.02. The Balaban J connectivity index is 3.25. The highest BCUT2D eigenvalue weighted by Gasteiger charge is 2.12. The predicted molar refractivity (Wildman–Crippen MR) is 84.3 cm³/mol. The fourth-order valence-corrected chi connectivity index (χ4v) is 2.65. The first-order valence-corrected chi connectivity index (χ1v) is 9.95. The minimum Gasteiger partial charge on any atom is -0.466 e. The van der Waals surface area contributed by atoms with Crippen LogP contribution in [0.3, 0.4) is 0 Å². The Kier molecular flexibility index (Phi) is 13.1. The van der Waals surface area contributed by atoms with Gasteiger partial charge in [0.2, 0.25) is 0 Å². The van der Waals surface area contributed by atoms with Gasteiger partial charge in [0, 0.05) is 6.42 Å². The maximum atomic E-state index is 11.4. The molecule has 2 N–H and O–H groups in total. The Morgan fingerprint density at radius 1 is 0.905 bits per heavy atom. The van der Waals surface area contributed by atoms with Crippen molar-refractivity contribution in [3.8, 4) is 0 Å². The molecule has 0 saturated heterocycles. The van der Waals surface area contributed by atoms with Gasteiger partial charge in [-0.15, -0.1) is 0 Å². The normalized spacial score (nSPS) is 11.6. The Bertz CT molecular complexity index is 300. The third-order valence-electron chi connectivity index (χ3n) is 3.34. The average molecular weight is 322 g/mol. The van der Waals surface area contributed by atoms with Crippen LogP contribution in [0, 0.1) is 0 Å². The van der Waals surface area contributed by atoms with Gasteiger partial charge in [0.1, 0.15) is 0 Å². The lowest BCUT2D eigenvalue weighted by Crippen LogP contribution is -2.06. The van der Waals surface area contributed by atoms with E-state index < -0.39 is 7.60 Å². The van der Waals surface area contributed by atoms with E-state index in [-0.39, 0.29) is 25.2 Å². The third kappa shape index (κ3) is 17.6. The highest BCUT2D eigenvalue weighted by Crippen LogP contribution is 2.34. The van der Waals surface area contributed by atoms with E-state index in [2.05, 4.69) is 6.92 Å². The molecule has 5 nitrogen and oxygen atoms in total. The van der Waals surface area contributed by atoms with Crippen LogP contribution < -0.4 is 0 Å². The summed E-state index contributed by atoms with van der Waals surface area (Å²) in [4.78, 5) is 28.6. The van der Waals surface area contributed by atoms with E-state index in [9.17, 15) is 9.36 Å². The molecule has 0 aliphatic carbocycles. The van der Waals surface area contributed by atoms with Gasteiger partial charge in [-0.1, -0.05) is 58.3 Å². The monoisotopic (exact) mass is 322 g/mol. The lowest BCUT2D eigenvalue weighted by atomic mass is 10.1. The number of unbranched alkanes of at least 4 members (excludes halogenated alkanes) is 8. The van der Waals surface area contributed by atoms with Gasteiger partial charge < -0.3 is 14.5 Å². The maximum Gasteiger partial charge on any atom is 0.325 e. The Hall–Kier alpha value is -0.380. The van der Waals surface area contributed by atoms with Crippen molar-refractivity contribution in [1.82, 2.24) is 0 Å². The van der Waals surface area contributed by atoms with E-state index in [4.69, 9.17) is 14.5 Å². The van der Waals surface area contributed by atoms with Crippen LogP contribution in [-0.4, -0.2) is 28.5 Å². The number of carbonyl (C=O) groups is 1. The van der Waals surface area contributed by atoms with Crippen LogP contribution in [0.5, 0.6) is 0 Å². The summed E-state index contributed by atoms with van der Waals surface area (Å²) in [6.07, 6.45) is 11.2. The Labute approximate surface area is 128 Å². The molecule has 0 aromatic carbocycles. The highest BCUT2D eigenvalue weighted by molar-refractivity contribution is 7.51. The van der Waals surface area contributed by atoms with E-state index in [1.165, 1.54) is 38.5 Å².